The Bertz CT molecular complexity index is 698. The molecule has 3 unspecified atom stereocenters. The van der Waals surface area contributed by atoms with Gasteiger partial charge >= 0.3 is 0 Å². The number of aliphatic hydroxyl groups is 1. The highest BCUT2D eigenvalue weighted by molar-refractivity contribution is 7.90. The van der Waals surface area contributed by atoms with Gasteiger partial charge in [-0.25, -0.2) is 18.7 Å². The first-order chi connectivity index (χ1) is 11.7. The fraction of sp³-hybridized carbons (Fsp3) is 0.412. The van der Waals surface area contributed by atoms with E-state index in [1.165, 1.54) is 24.8 Å². The average molecular weight is 369 g/mol. The lowest BCUT2D eigenvalue weighted by Crippen LogP contribution is -2.41. The maximum absolute atomic E-state index is 14.2. The second-order valence-corrected chi connectivity index (χ2v) is 8.64. The quantitative estimate of drug-likeness (QED) is 0.765. The van der Waals surface area contributed by atoms with E-state index in [9.17, 15) is 18.4 Å². The van der Waals surface area contributed by atoms with Gasteiger partial charge in [-0.05, 0) is 26.8 Å². The van der Waals surface area contributed by atoms with Crippen LogP contribution in [0.5, 0.6) is 0 Å². The fourth-order valence-corrected chi connectivity index (χ4v) is 3.01. The Kier molecular flexibility index (Phi) is 6.45. The van der Waals surface area contributed by atoms with Crippen molar-refractivity contribution in [1.82, 2.24) is 14.7 Å². The molecule has 0 amide bonds. The Labute approximate surface area is 148 Å². The van der Waals surface area contributed by atoms with E-state index in [0.29, 0.717) is 5.56 Å². The molecule has 0 aliphatic heterocycles. The van der Waals surface area contributed by atoms with Crippen molar-refractivity contribution in [3.63, 3.8) is 0 Å². The Hall–Kier alpha value is -1.61. The van der Waals surface area contributed by atoms with Crippen LogP contribution in [-0.2, 0) is 11.4 Å². The second kappa shape index (κ2) is 8.18. The molecule has 0 saturated carbocycles. The van der Waals surface area contributed by atoms with Gasteiger partial charge in [0.2, 0.25) is 0 Å². The number of hydrogen-bond acceptors (Lipinski definition) is 5. The number of nitrogens with zero attached hydrogens (tertiary/aromatic N) is 2. The summed E-state index contributed by atoms with van der Waals surface area (Å²) in [7, 11) is 0. The van der Waals surface area contributed by atoms with Crippen LogP contribution in [0.25, 0.3) is 0 Å². The van der Waals surface area contributed by atoms with Gasteiger partial charge in [-0.2, -0.15) is 0 Å². The van der Waals surface area contributed by atoms with Gasteiger partial charge in [0.05, 0.1) is 12.1 Å². The molecule has 8 heteroatoms. The van der Waals surface area contributed by atoms with Crippen LogP contribution in [0, 0.1) is 11.6 Å². The van der Waals surface area contributed by atoms with Crippen molar-refractivity contribution < 1.29 is 18.4 Å². The highest BCUT2D eigenvalue weighted by Crippen LogP contribution is 2.30. The molecule has 0 radical (unpaired) electrons. The fourth-order valence-electron chi connectivity index (χ4n) is 2.17. The van der Waals surface area contributed by atoms with Gasteiger partial charge in [-0.15, -0.1) is 4.72 Å². The Morgan fingerprint density at radius 3 is 2.44 bits per heavy atom. The smallest absolute Gasteiger partial charge is 0.136 e. The third-order valence-corrected chi connectivity index (χ3v) is 5.18. The number of nitrogens with one attached hydrogen (secondary N) is 1. The zero-order valence-corrected chi connectivity index (χ0v) is 15.1. The van der Waals surface area contributed by atoms with Crippen molar-refractivity contribution in [1.29, 1.82) is 0 Å². The first kappa shape index (κ1) is 19.7. The van der Waals surface area contributed by atoms with Gasteiger partial charge in [0.1, 0.15) is 22.7 Å². The van der Waals surface area contributed by atoms with Crippen LogP contribution in [0.4, 0.5) is 8.78 Å². The van der Waals surface area contributed by atoms with Crippen LogP contribution in [0.1, 0.15) is 50.5 Å². The minimum absolute atomic E-state index is 0.0255. The molecule has 2 rings (SSSR count). The molecule has 2 aromatic rings. The van der Waals surface area contributed by atoms with Gasteiger partial charge in [-0.1, -0.05) is 6.07 Å². The number of aliphatic hydroxyl groups excluding tert-OH is 1. The van der Waals surface area contributed by atoms with Gasteiger partial charge < -0.3 is 9.66 Å². The highest BCUT2D eigenvalue weighted by Gasteiger charge is 2.32. The Morgan fingerprint density at radius 2 is 1.88 bits per heavy atom. The van der Waals surface area contributed by atoms with Crippen molar-refractivity contribution >= 4 is 11.4 Å². The molecule has 1 heterocycles. The van der Waals surface area contributed by atoms with E-state index in [2.05, 4.69) is 14.7 Å². The Balaban J connectivity index is 2.28. The third kappa shape index (κ3) is 5.43. The van der Waals surface area contributed by atoms with Gasteiger partial charge in [-0.3, -0.25) is 0 Å². The van der Waals surface area contributed by atoms with Crippen molar-refractivity contribution in [2.75, 3.05) is 0 Å². The topological polar surface area (TPSA) is 81.1 Å². The van der Waals surface area contributed by atoms with E-state index >= 15 is 0 Å². The molecule has 136 valence electrons. The van der Waals surface area contributed by atoms with E-state index in [1.54, 1.807) is 20.8 Å². The van der Waals surface area contributed by atoms with Crippen LogP contribution in [0.15, 0.2) is 36.9 Å². The van der Waals surface area contributed by atoms with E-state index in [1.807, 2.05) is 0 Å². The van der Waals surface area contributed by atoms with E-state index in [4.69, 9.17) is 0 Å². The lowest BCUT2D eigenvalue weighted by atomic mass is 9.98. The molecular formula is C17H21F2N3O2S. The van der Waals surface area contributed by atoms with Gasteiger partial charge in [0.15, 0.2) is 0 Å². The molecule has 0 bridgehead atoms. The maximum atomic E-state index is 14.2. The van der Waals surface area contributed by atoms with Crippen LogP contribution in [-0.4, -0.2) is 24.4 Å². The van der Waals surface area contributed by atoms with Crippen LogP contribution >= 0.6 is 0 Å². The summed E-state index contributed by atoms with van der Waals surface area (Å²) < 4.78 is 42.1. The number of hydrogen-bond donors (Lipinski definition) is 2. The lowest BCUT2D eigenvalue weighted by Gasteiger charge is -2.29. The number of halogens is 2. The standard InChI is InChI=1S/C17H21F2N3O2S/c1-17(2,3)25(24)22-15(13-5-4-12(18)6-14(13)19)7-16(23)11-8-20-10-21-9-11/h4-6,8-10,15-16,22-23H,7H2,1-3H3. The molecule has 1 aromatic carbocycles. The zero-order chi connectivity index (χ0) is 18.6. The summed E-state index contributed by atoms with van der Waals surface area (Å²) in [5.41, 5.74) is 0.591. The van der Waals surface area contributed by atoms with Crippen molar-refractivity contribution in [2.24, 2.45) is 0 Å². The molecule has 25 heavy (non-hydrogen) atoms. The molecule has 2 N–H and O–H groups in total. The summed E-state index contributed by atoms with van der Waals surface area (Å²) in [5.74, 6) is -1.46. The van der Waals surface area contributed by atoms with Crippen LogP contribution < -0.4 is 4.72 Å². The molecule has 0 fully saturated rings. The largest absolute Gasteiger partial charge is 0.598 e. The predicted molar refractivity (Wildman–Crippen MR) is 91.7 cm³/mol. The molecule has 5 nitrogen and oxygen atoms in total. The summed E-state index contributed by atoms with van der Waals surface area (Å²) in [6, 6.07) is 2.40. The SMILES string of the molecule is CC(C)(C)[S+]([O-])NC(CC(O)c1cncnc1)c1ccc(F)cc1F. The lowest BCUT2D eigenvalue weighted by molar-refractivity contribution is 0.154. The molecule has 0 saturated heterocycles. The number of aromatic nitrogens is 2. The summed E-state index contributed by atoms with van der Waals surface area (Å²) in [6.45, 7) is 5.32. The summed E-state index contributed by atoms with van der Waals surface area (Å²) in [4.78, 5) is 7.68. The molecule has 0 aliphatic rings. The molecule has 0 aliphatic carbocycles. The molecule has 3 atom stereocenters. The third-order valence-electron chi connectivity index (χ3n) is 3.57. The van der Waals surface area contributed by atoms with Crippen molar-refractivity contribution in [3.05, 3.63) is 59.7 Å². The van der Waals surface area contributed by atoms with Crippen molar-refractivity contribution in [3.8, 4) is 0 Å². The average Bonchev–Trinajstić information content (AvgIpc) is 2.54. The highest BCUT2D eigenvalue weighted by atomic mass is 32.2. The van der Waals surface area contributed by atoms with Gasteiger partial charge in [0, 0.05) is 47.4 Å². The first-order valence-electron chi connectivity index (χ1n) is 7.74. The summed E-state index contributed by atoms with van der Waals surface area (Å²) in [6.07, 6.45) is 3.27. The van der Waals surface area contributed by atoms with Crippen LogP contribution in [0.3, 0.4) is 0 Å². The van der Waals surface area contributed by atoms with E-state index in [-0.39, 0.29) is 12.0 Å². The van der Waals surface area contributed by atoms with Crippen molar-refractivity contribution in [2.45, 2.75) is 44.1 Å². The minimum Gasteiger partial charge on any atom is -0.598 e. The number of rotatable bonds is 6. The predicted octanol–water partition coefficient (Wildman–Crippen LogP) is 2.97. The first-order valence-corrected chi connectivity index (χ1v) is 8.89. The zero-order valence-electron chi connectivity index (χ0n) is 14.2. The summed E-state index contributed by atoms with van der Waals surface area (Å²) in [5, 5.41) is 10.4. The number of benzene rings is 1. The van der Waals surface area contributed by atoms with E-state index < -0.39 is 39.9 Å². The van der Waals surface area contributed by atoms with E-state index in [0.717, 1.165) is 12.1 Å². The monoisotopic (exact) mass is 369 g/mol. The maximum Gasteiger partial charge on any atom is 0.136 e. The normalized spacial score (nSPS) is 15.6. The van der Waals surface area contributed by atoms with Crippen LogP contribution in [0.2, 0.25) is 0 Å². The summed E-state index contributed by atoms with van der Waals surface area (Å²) >= 11 is -1.51. The molecule has 0 spiro atoms. The molecule has 1 aromatic heterocycles. The second-order valence-electron chi connectivity index (χ2n) is 6.64. The minimum atomic E-state index is -1.51. The Morgan fingerprint density at radius 1 is 1.24 bits per heavy atom. The van der Waals surface area contributed by atoms with Gasteiger partial charge in [0.25, 0.3) is 0 Å². The molecular weight excluding hydrogens is 348 g/mol.